The standard InChI is InChI=1S/C11H13Cl2N/c12-8-10-7-9(3-1-2-6-14)4-5-11(10)13/h1,3-5,7H,2,6,8,14H2. The van der Waals surface area contributed by atoms with E-state index in [2.05, 4.69) is 0 Å². The third-order valence-electron chi connectivity index (χ3n) is 1.86. The summed E-state index contributed by atoms with van der Waals surface area (Å²) in [5, 5.41) is 0.718. The van der Waals surface area contributed by atoms with Gasteiger partial charge < -0.3 is 5.73 Å². The first-order valence-corrected chi connectivity index (χ1v) is 5.40. The molecule has 0 saturated carbocycles. The summed E-state index contributed by atoms with van der Waals surface area (Å²) in [6.45, 7) is 0.673. The molecule has 0 amide bonds. The molecule has 0 aliphatic rings. The largest absolute Gasteiger partial charge is 0.330 e. The molecule has 0 bridgehead atoms. The Morgan fingerprint density at radius 3 is 2.79 bits per heavy atom. The van der Waals surface area contributed by atoms with Gasteiger partial charge in [-0.05, 0) is 36.2 Å². The molecule has 0 fully saturated rings. The molecule has 3 heteroatoms. The SMILES string of the molecule is NCCC=Cc1ccc(Cl)c(CCl)c1. The molecule has 14 heavy (non-hydrogen) atoms. The fraction of sp³-hybridized carbons (Fsp3) is 0.273. The minimum atomic E-state index is 0.442. The van der Waals surface area contributed by atoms with Gasteiger partial charge >= 0.3 is 0 Å². The van der Waals surface area contributed by atoms with Gasteiger partial charge in [-0.3, -0.25) is 0 Å². The Kier molecular flexibility index (Phi) is 5.02. The fourth-order valence-electron chi connectivity index (χ4n) is 1.12. The lowest BCUT2D eigenvalue weighted by atomic mass is 10.1. The minimum Gasteiger partial charge on any atom is -0.330 e. The zero-order valence-corrected chi connectivity index (χ0v) is 9.35. The normalized spacial score (nSPS) is 11.1. The van der Waals surface area contributed by atoms with E-state index in [1.807, 2.05) is 30.4 Å². The van der Waals surface area contributed by atoms with Crippen molar-refractivity contribution in [1.82, 2.24) is 0 Å². The minimum absolute atomic E-state index is 0.442. The number of hydrogen-bond donors (Lipinski definition) is 1. The van der Waals surface area contributed by atoms with E-state index in [1.165, 1.54) is 0 Å². The first-order chi connectivity index (χ1) is 6.77. The third kappa shape index (κ3) is 3.33. The van der Waals surface area contributed by atoms with Gasteiger partial charge in [-0.2, -0.15) is 0 Å². The molecule has 2 N–H and O–H groups in total. The Morgan fingerprint density at radius 2 is 2.14 bits per heavy atom. The lowest BCUT2D eigenvalue weighted by Gasteiger charge is -2.01. The molecular formula is C11H13Cl2N. The topological polar surface area (TPSA) is 26.0 Å². The van der Waals surface area contributed by atoms with Gasteiger partial charge in [0.25, 0.3) is 0 Å². The second-order valence-electron chi connectivity index (χ2n) is 2.96. The summed E-state index contributed by atoms with van der Waals surface area (Å²) in [6.07, 6.45) is 4.96. The molecule has 1 aromatic carbocycles. The maximum Gasteiger partial charge on any atom is 0.0489 e. The predicted octanol–water partition coefficient (Wildman–Crippen LogP) is 3.44. The highest BCUT2D eigenvalue weighted by atomic mass is 35.5. The van der Waals surface area contributed by atoms with Gasteiger partial charge in [0.15, 0.2) is 0 Å². The lowest BCUT2D eigenvalue weighted by molar-refractivity contribution is 1.01. The van der Waals surface area contributed by atoms with Crippen LogP contribution in [0.25, 0.3) is 6.08 Å². The molecule has 1 nitrogen and oxygen atoms in total. The Bertz CT molecular complexity index is 321. The molecule has 0 aliphatic carbocycles. The van der Waals surface area contributed by atoms with Crippen molar-refractivity contribution >= 4 is 29.3 Å². The van der Waals surface area contributed by atoms with Crippen LogP contribution in [0.2, 0.25) is 5.02 Å². The van der Waals surface area contributed by atoms with Gasteiger partial charge in [-0.25, -0.2) is 0 Å². The van der Waals surface area contributed by atoms with Crippen molar-refractivity contribution in [2.75, 3.05) is 6.54 Å². The third-order valence-corrected chi connectivity index (χ3v) is 2.51. The number of halogens is 2. The molecule has 0 atom stereocenters. The van der Waals surface area contributed by atoms with Crippen LogP contribution in [0.5, 0.6) is 0 Å². The van der Waals surface area contributed by atoms with Crippen molar-refractivity contribution in [1.29, 1.82) is 0 Å². The number of hydrogen-bond acceptors (Lipinski definition) is 1. The molecule has 0 unspecified atom stereocenters. The maximum atomic E-state index is 5.93. The highest BCUT2D eigenvalue weighted by Gasteiger charge is 1.98. The van der Waals surface area contributed by atoms with Crippen LogP contribution in [0, 0.1) is 0 Å². The van der Waals surface area contributed by atoms with E-state index >= 15 is 0 Å². The van der Waals surface area contributed by atoms with E-state index in [0.29, 0.717) is 12.4 Å². The first-order valence-electron chi connectivity index (χ1n) is 4.49. The van der Waals surface area contributed by atoms with Crippen LogP contribution in [0.4, 0.5) is 0 Å². The molecule has 0 aromatic heterocycles. The molecule has 0 heterocycles. The zero-order chi connectivity index (χ0) is 10.4. The van der Waals surface area contributed by atoms with Crippen LogP contribution in [0.1, 0.15) is 17.5 Å². The smallest absolute Gasteiger partial charge is 0.0489 e. The summed E-state index contributed by atoms with van der Waals surface area (Å²) < 4.78 is 0. The first kappa shape index (κ1) is 11.6. The van der Waals surface area contributed by atoms with Crippen LogP contribution < -0.4 is 5.73 Å². The van der Waals surface area contributed by atoms with Gasteiger partial charge in [0.2, 0.25) is 0 Å². The summed E-state index contributed by atoms with van der Waals surface area (Å²) in [4.78, 5) is 0. The average Bonchev–Trinajstić information content (AvgIpc) is 2.21. The molecular weight excluding hydrogens is 217 g/mol. The summed E-state index contributed by atoms with van der Waals surface area (Å²) in [6, 6.07) is 5.81. The predicted molar refractivity (Wildman–Crippen MR) is 63.7 cm³/mol. The molecule has 1 aromatic rings. The molecule has 0 radical (unpaired) electrons. The number of alkyl halides is 1. The summed E-state index contributed by atoms with van der Waals surface area (Å²) in [5.41, 5.74) is 7.45. The Hall–Kier alpha value is -0.500. The van der Waals surface area contributed by atoms with Crippen molar-refractivity contribution in [3.8, 4) is 0 Å². The Morgan fingerprint density at radius 1 is 1.36 bits per heavy atom. The summed E-state index contributed by atoms with van der Waals surface area (Å²) in [7, 11) is 0. The second kappa shape index (κ2) is 6.07. The van der Waals surface area contributed by atoms with Crippen LogP contribution >= 0.6 is 23.2 Å². The monoisotopic (exact) mass is 229 g/mol. The number of rotatable bonds is 4. The van der Waals surface area contributed by atoms with Crippen molar-refractivity contribution in [2.24, 2.45) is 5.73 Å². The quantitative estimate of drug-likeness (QED) is 0.787. The van der Waals surface area contributed by atoms with Gasteiger partial charge in [0, 0.05) is 10.9 Å². The van der Waals surface area contributed by atoms with Crippen molar-refractivity contribution in [3.05, 3.63) is 40.4 Å². The zero-order valence-electron chi connectivity index (χ0n) is 7.84. The van der Waals surface area contributed by atoms with E-state index in [1.54, 1.807) is 0 Å². The van der Waals surface area contributed by atoms with E-state index in [0.717, 1.165) is 22.6 Å². The van der Waals surface area contributed by atoms with E-state index in [-0.39, 0.29) is 0 Å². The van der Waals surface area contributed by atoms with Gasteiger partial charge in [-0.1, -0.05) is 29.8 Å². The molecule has 0 spiro atoms. The summed E-state index contributed by atoms with van der Waals surface area (Å²) in [5.74, 6) is 0.442. The van der Waals surface area contributed by atoms with Gasteiger partial charge in [0.1, 0.15) is 0 Å². The van der Waals surface area contributed by atoms with Crippen molar-refractivity contribution in [2.45, 2.75) is 12.3 Å². The highest BCUT2D eigenvalue weighted by molar-refractivity contribution is 6.32. The number of benzene rings is 1. The Labute approximate surface area is 94.5 Å². The molecule has 1 rings (SSSR count). The number of nitrogens with two attached hydrogens (primary N) is 1. The summed E-state index contributed by atoms with van der Waals surface area (Å²) >= 11 is 11.7. The van der Waals surface area contributed by atoms with Gasteiger partial charge in [-0.15, -0.1) is 11.6 Å². The van der Waals surface area contributed by atoms with Crippen LogP contribution in [-0.2, 0) is 5.88 Å². The van der Waals surface area contributed by atoms with E-state index in [4.69, 9.17) is 28.9 Å². The molecule has 0 aliphatic heterocycles. The fourth-order valence-corrected chi connectivity index (χ4v) is 1.59. The maximum absolute atomic E-state index is 5.93. The highest BCUT2D eigenvalue weighted by Crippen LogP contribution is 2.20. The van der Waals surface area contributed by atoms with Crippen molar-refractivity contribution in [3.63, 3.8) is 0 Å². The van der Waals surface area contributed by atoms with Gasteiger partial charge in [0.05, 0.1) is 0 Å². The van der Waals surface area contributed by atoms with Crippen molar-refractivity contribution < 1.29 is 0 Å². The lowest BCUT2D eigenvalue weighted by Crippen LogP contribution is -1.94. The van der Waals surface area contributed by atoms with Crippen LogP contribution in [-0.4, -0.2) is 6.54 Å². The molecule has 0 saturated heterocycles. The van der Waals surface area contributed by atoms with Crippen LogP contribution in [0.15, 0.2) is 24.3 Å². The Balaban J connectivity index is 2.79. The van der Waals surface area contributed by atoms with E-state index in [9.17, 15) is 0 Å². The molecule has 76 valence electrons. The second-order valence-corrected chi connectivity index (χ2v) is 3.64. The average molecular weight is 230 g/mol. The van der Waals surface area contributed by atoms with E-state index < -0.39 is 0 Å². The van der Waals surface area contributed by atoms with Crippen LogP contribution in [0.3, 0.4) is 0 Å².